The summed E-state index contributed by atoms with van der Waals surface area (Å²) in [5, 5.41) is 5.71. The molecule has 0 aliphatic carbocycles. The van der Waals surface area contributed by atoms with Crippen LogP contribution >= 0.6 is 23.1 Å². The molecule has 0 saturated carbocycles. The van der Waals surface area contributed by atoms with Crippen LogP contribution < -0.4 is 10.1 Å². The Balaban J connectivity index is 1.91. The summed E-state index contributed by atoms with van der Waals surface area (Å²) in [5.41, 5.74) is 2.07. The van der Waals surface area contributed by atoms with Crippen LogP contribution in [0.15, 0.2) is 42.3 Å². The fraction of sp³-hybridized carbons (Fsp3) is 0.294. The van der Waals surface area contributed by atoms with Gasteiger partial charge in [0.05, 0.1) is 18.1 Å². The quantitative estimate of drug-likeness (QED) is 0.738. The van der Waals surface area contributed by atoms with Crippen LogP contribution in [0.3, 0.4) is 0 Å². The molecule has 0 aliphatic rings. The Morgan fingerprint density at radius 1 is 1.48 bits per heavy atom. The van der Waals surface area contributed by atoms with E-state index in [4.69, 9.17) is 4.74 Å². The van der Waals surface area contributed by atoms with E-state index in [2.05, 4.69) is 16.9 Å². The van der Waals surface area contributed by atoms with Gasteiger partial charge in [0.25, 0.3) is 0 Å². The number of ether oxygens (including phenoxy) is 1. The second kappa shape index (κ2) is 8.74. The van der Waals surface area contributed by atoms with Gasteiger partial charge in [0.15, 0.2) is 0 Å². The highest BCUT2D eigenvalue weighted by atomic mass is 32.2. The van der Waals surface area contributed by atoms with Gasteiger partial charge in [-0.2, -0.15) is 0 Å². The Morgan fingerprint density at radius 3 is 2.87 bits per heavy atom. The van der Waals surface area contributed by atoms with Gasteiger partial charge >= 0.3 is 0 Å². The molecule has 1 N–H and O–H groups in total. The molecule has 1 aromatic heterocycles. The molecule has 1 atom stereocenters. The summed E-state index contributed by atoms with van der Waals surface area (Å²) in [6.07, 6.45) is 1.68. The average Bonchev–Trinajstić information content (AvgIpc) is 3.06. The maximum atomic E-state index is 11.8. The van der Waals surface area contributed by atoms with E-state index in [0.29, 0.717) is 6.54 Å². The van der Waals surface area contributed by atoms with Gasteiger partial charge in [0, 0.05) is 23.2 Å². The summed E-state index contributed by atoms with van der Waals surface area (Å²) in [4.78, 5) is 16.4. The van der Waals surface area contributed by atoms with Gasteiger partial charge in [-0.1, -0.05) is 6.08 Å². The summed E-state index contributed by atoms with van der Waals surface area (Å²) in [5.74, 6) is 1.58. The Morgan fingerprint density at radius 2 is 2.22 bits per heavy atom. The zero-order valence-corrected chi connectivity index (χ0v) is 14.9. The number of carbonyl (C=O) groups excluding carboxylic acids is 1. The number of carbonyl (C=O) groups is 1. The van der Waals surface area contributed by atoms with Crippen LogP contribution in [0.4, 0.5) is 0 Å². The highest BCUT2D eigenvalue weighted by molar-refractivity contribution is 7.99. The number of aromatic nitrogens is 1. The Bertz CT molecular complexity index is 653. The summed E-state index contributed by atoms with van der Waals surface area (Å²) in [7, 11) is 1.65. The summed E-state index contributed by atoms with van der Waals surface area (Å²) in [6.45, 7) is 5.99. The molecule has 1 heterocycles. The number of thiazole rings is 1. The van der Waals surface area contributed by atoms with Gasteiger partial charge in [-0.3, -0.25) is 4.79 Å². The normalized spacial score (nSPS) is 11.7. The lowest BCUT2D eigenvalue weighted by atomic mass is 10.2. The third-order valence-electron chi connectivity index (χ3n) is 3.16. The Hall–Kier alpha value is -1.79. The van der Waals surface area contributed by atoms with E-state index >= 15 is 0 Å². The lowest BCUT2D eigenvalue weighted by molar-refractivity contribution is -0.120. The largest absolute Gasteiger partial charge is 0.497 e. The van der Waals surface area contributed by atoms with Crippen LogP contribution in [0.25, 0.3) is 10.6 Å². The third-order valence-corrected chi connectivity index (χ3v) is 5.28. The van der Waals surface area contributed by atoms with E-state index in [0.717, 1.165) is 27.8 Å². The molecule has 2 rings (SSSR count). The third kappa shape index (κ3) is 5.11. The van der Waals surface area contributed by atoms with Gasteiger partial charge in [-0.05, 0) is 31.2 Å². The number of nitrogens with one attached hydrogen (secondary N) is 1. The summed E-state index contributed by atoms with van der Waals surface area (Å²) < 4.78 is 5.16. The molecule has 6 heteroatoms. The molecule has 1 amide bonds. The van der Waals surface area contributed by atoms with E-state index in [1.165, 1.54) is 0 Å². The van der Waals surface area contributed by atoms with E-state index in [1.54, 1.807) is 36.3 Å². The molecule has 122 valence electrons. The smallest absolute Gasteiger partial charge is 0.233 e. The SMILES string of the molecule is C=CCNC(=O)C(C)SCc1csc(-c2ccc(OC)cc2)n1. The van der Waals surface area contributed by atoms with E-state index < -0.39 is 0 Å². The number of hydrogen-bond donors (Lipinski definition) is 1. The van der Waals surface area contributed by atoms with Crippen LogP contribution in [0, 0.1) is 0 Å². The van der Waals surface area contributed by atoms with Crippen LogP contribution in [-0.2, 0) is 10.5 Å². The topological polar surface area (TPSA) is 51.2 Å². The number of amides is 1. The molecule has 0 saturated heterocycles. The molecule has 2 aromatic rings. The van der Waals surface area contributed by atoms with Crippen molar-refractivity contribution < 1.29 is 9.53 Å². The fourth-order valence-corrected chi connectivity index (χ4v) is 3.58. The minimum absolute atomic E-state index is 0.0282. The molecule has 0 aliphatic heterocycles. The Kier molecular flexibility index (Phi) is 6.67. The lowest BCUT2D eigenvalue weighted by Gasteiger charge is -2.09. The van der Waals surface area contributed by atoms with Crippen molar-refractivity contribution in [2.75, 3.05) is 13.7 Å². The molecule has 1 aromatic carbocycles. The zero-order valence-electron chi connectivity index (χ0n) is 13.2. The van der Waals surface area contributed by atoms with Crippen molar-refractivity contribution in [3.63, 3.8) is 0 Å². The molecule has 0 spiro atoms. The van der Waals surface area contributed by atoms with Crippen molar-refractivity contribution >= 4 is 29.0 Å². The zero-order chi connectivity index (χ0) is 16.7. The predicted molar refractivity (Wildman–Crippen MR) is 98.1 cm³/mol. The first kappa shape index (κ1) is 17.6. The number of thioether (sulfide) groups is 1. The molecule has 1 unspecified atom stereocenters. The first-order chi connectivity index (χ1) is 11.1. The highest BCUT2D eigenvalue weighted by Crippen LogP contribution is 2.27. The number of rotatable bonds is 8. The highest BCUT2D eigenvalue weighted by Gasteiger charge is 2.13. The predicted octanol–water partition coefficient (Wildman–Crippen LogP) is 3.74. The number of benzene rings is 1. The number of nitrogens with zero attached hydrogens (tertiary/aromatic N) is 1. The fourth-order valence-electron chi connectivity index (χ4n) is 1.84. The molecular formula is C17H20N2O2S2. The second-order valence-corrected chi connectivity index (χ2v) is 7.05. The monoisotopic (exact) mass is 348 g/mol. The van der Waals surface area contributed by atoms with Crippen molar-refractivity contribution in [3.05, 3.63) is 48.0 Å². The lowest BCUT2D eigenvalue weighted by Crippen LogP contribution is -2.30. The number of hydrogen-bond acceptors (Lipinski definition) is 5. The van der Waals surface area contributed by atoms with Crippen LogP contribution in [-0.4, -0.2) is 29.8 Å². The van der Waals surface area contributed by atoms with Crippen molar-refractivity contribution in [1.29, 1.82) is 0 Å². The summed E-state index contributed by atoms with van der Waals surface area (Å²) in [6, 6.07) is 7.86. The average molecular weight is 348 g/mol. The Labute approximate surface area is 145 Å². The summed E-state index contributed by atoms with van der Waals surface area (Å²) >= 11 is 3.19. The minimum atomic E-state index is -0.110. The maximum absolute atomic E-state index is 11.8. The van der Waals surface area contributed by atoms with E-state index in [9.17, 15) is 4.79 Å². The van der Waals surface area contributed by atoms with Crippen LogP contribution in [0.5, 0.6) is 5.75 Å². The van der Waals surface area contributed by atoms with Crippen molar-refractivity contribution in [2.45, 2.75) is 17.9 Å². The minimum Gasteiger partial charge on any atom is -0.497 e. The van der Waals surface area contributed by atoms with Crippen molar-refractivity contribution in [3.8, 4) is 16.3 Å². The van der Waals surface area contributed by atoms with Crippen molar-refractivity contribution in [1.82, 2.24) is 10.3 Å². The first-order valence-corrected chi connectivity index (χ1v) is 9.16. The molecule has 0 radical (unpaired) electrons. The van der Waals surface area contributed by atoms with Gasteiger partial charge in [0.2, 0.25) is 5.91 Å². The molecule has 0 fully saturated rings. The van der Waals surface area contributed by atoms with Gasteiger partial charge in [-0.25, -0.2) is 4.98 Å². The van der Waals surface area contributed by atoms with Crippen LogP contribution in [0.1, 0.15) is 12.6 Å². The first-order valence-electron chi connectivity index (χ1n) is 7.23. The maximum Gasteiger partial charge on any atom is 0.233 e. The number of methoxy groups -OCH3 is 1. The molecule has 4 nitrogen and oxygen atoms in total. The van der Waals surface area contributed by atoms with E-state index in [1.807, 2.05) is 36.6 Å². The second-order valence-electron chi connectivity index (χ2n) is 4.86. The van der Waals surface area contributed by atoms with E-state index in [-0.39, 0.29) is 11.2 Å². The molecular weight excluding hydrogens is 328 g/mol. The van der Waals surface area contributed by atoms with Crippen LogP contribution in [0.2, 0.25) is 0 Å². The van der Waals surface area contributed by atoms with Gasteiger partial charge in [0.1, 0.15) is 10.8 Å². The molecule has 0 bridgehead atoms. The van der Waals surface area contributed by atoms with Gasteiger partial charge < -0.3 is 10.1 Å². The molecule has 23 heavy (non-hydrogen) atoms. The van der Waals surface area contributed by atoms with Gasteiger partial charge in [-0.15, -0.1) is 29.7 Å². The van der Waals surface area contributed by atoms with Crippen molar-refractivity contribution in [2.24, 2.45) is 0 Å². The standard InChI is InChI=1S/C17H20N2O2S2/c1-4-9-18-16(20)12(2)22-10-14-11-23-17(19-14)13-5-7-15(21-3)8-6-13/h4-8,11-12H,1,9-10H2,2-3H3,(H,18,20).